The molecule has 0 spiro atoms. The number of carbonyl (C=O) groups excluding carboxylic acids is 1. The monoisotopic (exact) mass is 409 g/mol. The number of carbonyl (C=O) groups is 1. The number of nitrogens with one attached hydrogen (secondary N) is 1. The van der Waals surface area contributed by atoms with Gasteiger partial charge in [-0.1, -0.05) is 37.5 Å². The molecule has 0 unspecified atom stereocenters. The highest BCUT2D eigenvalue weighted by Gasteiger charge is 2.38. The van der Waals surface area contributed by atoms with E-state index in [9.17, 15) is 14.0 Å². The van der Waals surface area contributed by atoms with Gasteiger partial charge in [-0.25, -0.2) is 9.18 Å². The van der Waals surface area contributed by atoms with Gasteiger partial charge in [0.05, 0.1) is 0 Å². The molecule has 2 bridgehead atoms. The van der Waals surface area contributed by atoms with Crippen LogP contribution >= 0.6 is 0 Å². The van der Waals surface area contributed by atoms with Crippen LogP contribution in [0.1, 0.15) is 50.1 Å². The van der Waals surface area contributed by atoms with Crippen molar-refractivity contribution in [2.75, 3.05) is 13.1 Å². The normalized spacial score (nSPS) is 23.7. The summed E-state index contributed by atoms with van der Waals surface area (Å²) in [6.07, 6.45) is 6.66. The Morgan fingerprint density at radius 1 is 0.967 bits per heavy atom. The summed E-state index contributed by atoms with van der Waals surface area (Å²) in [7, 11) is 0. The molecule has 2 amide bonds. The topological polar surface area (TPSA) is 54.3 Å². The van der Waals surface area contributed by atoms with Crippen LogP contribution in [0.15, 0.2) is 41.2 Å². The molecule has 2 aromatic rings. The van der Waals surface area contributed by atoms with Crippen LogP contribution in [-0.4, -0.2) is 34.6 Å². The van der Waals surface area contributed by atoms with Crippen molar-refractivity contribution in [3.05, 3.63) is 58.3 Å². The number of pyridine rings is 1. The highest BCUT2D eigenvalue weighted by atomic mass is 19.1. The minimum atomic E-state index is -0.288. The second-order valence-electron chi connectivity index (χ2n) is 9.05. The first-order chi connectivity index (χ1) is 14.6. The van der Waals surface area contributed by atoms with E-state index in [1.165, 1.54) is 25.3 Å². The Hall–Kier alpha value is -2.63. The van der Waals surface area contributed by atoms with Crippen LogP contribution in [0.2, 0.25) is 0 Å². The van der Waals surface area contributed by atoms with Crippen molar-refractivity contribution < 1.29 is 9.18 Å². The number of benzene rings is 1. The average molecular weight is 410 g/mol. The lowest BCUT2D eigenvalue weighted by Crippen LogP contribution is -2.53. The summed E-state index contributed by atoms with van der Waals surface area (Å²) in [6, 6.07) is 10.3. The summed E-state index contributed by atoms with van der Waals surface area (Å²) >= 11 is 0. The van der Waals surface area contributed by atoms with Crippen LogP contribution in [0, 0.1) is 11.7 Å². The van der Waals surface area contributed by atoms with Crippen LogP contribution < -0.4 is 10.9 Å². The number of piperidine rings is 1. The molecular weight excluding hydrogens is 381 g/mol. The number of amides is 2. The zero-order valence-corrected chi connectivity index (χ0v) is 17.1. The van der Waals surface area contributed by atoms with Gasteiger partial charge in [-0.2, -0.15) is 0 Å². The Labute approximate surface area is 175 Å². The zero-order valence-electron chi connectivity index (χ0n) is 17.1. The van der Waals surface area contributed by atoms with E-state index in [-0.39, 0.29) is 35.3 Å². The third kappa shape index (κ3) is 3.53. The van der Waals surface area contributed by atoms with Crippen LogP contribution in [-0.2, 0) is 6.54 Å². The van der Waals surface area contributed by atoms with E-state index in [0.717, 1.165) is 30.5 Å². The number of rotatable bonds is 2. The van der Waals surface area contributed by atoms with Crippen LogP contribution in [0.25, 0.3) is 11.1 Å². The second kappa shape index (κ2) is 7.89. The summed E-state index contributed by atoms with van der Waals surface area (Å²) in [5, 5.41) is 3.23. The summed E-state index contributed by atoms with van der Waals surface area (Å²) in [6.45, 7) is 1.82. The minimum Gasteiger partial charge on any atom is -0.335 e. The number of nitrogens with zero attached hydrogens (tertiary/aromatic N) is 2. The summed E-state index contributed by atoms with van der Waals surface area (Å²) in [5.74, 6) is 0.00353. The van der Waals surface area contributed by atoms with Crippen LogP contribution in [0.3, 0.4) is 0 Å². The molecule has 158 valence electrons. The van der Waals surface area contributed by atoms with Crippen LogP contribution in [0.5, 0.6) is 0 Å². The number of likely N-dealkylation sites (tertiary alicyclic amines) is 1. The predicted octanol–water partition coefficient (Wildman–Crippen LogP) is 4.12. The maximum absolute atomic E-state index is 14.6. The SMILES string of the molecule is O=C(NC1CCCCC1)N1C[C@@H]2C[C@H](C1)c1c(-c3ccccc3F)ccc(=O)n1C2. The fraction of sp³-hybridized carbons (Fsp3) is 0.500. The lowest BCUT2D eigenvalue weighted by Gasteiger charge is -2.44. The van der Waals surface area contributed by atoms with E-state index >= 15 is 0 Å². The molecule has 1 saturated heterocycles. The van der Waals surface area contributed by atoms with Gasteiger partial charge in [-0.05, 0) is 37.3 Å². The van der Waals surface area contributed by atoms with E-state index in [2.05, 4.69) is 5.32 Å². The molecule has 2 fully saturated rings. The summed E-state index contributed by atoms with van der Waals surface area (Å²) in [5.41, 5.74) is 2.12. The molecule has 30 heavy (non-hydrogen) atoms. The molecule has 1 saturated carbocycles. The molecule has 3 heterocycles. The molecule has 1 aromatic carbocycles. The van der Waals surface area contributed by atoms with Gasteiger partial charge in [0, 0.05) is 54.5 Å². The lowest BCUT2D eigenvalue weighted by atomic mass is 9.80. The Kier molecular flexibility index (Phi) is 5.09. The first-order valence-corrected chi connectivity index (χ1v) is 11.1. The molecule has 6 heteroatoms. The standard InChI is InChI=1S/C24H28FN3O2/c25-21-9-5-4-8-19(21)20-10-11-22(29)28-14-16-12-17(23(20)28)15-27(13-16)24(30)26-18-6-2-1-3-7-18/h4-5,8-11,16-18H,1-3,6-7,12-15H2,(H,26,30)/t16-,17+/m0/s1. The number of fused-ring (bicyclic) bond motifs is 4. The first-order valence-electron chi connectivity index (χ1n) is 11.1. The van der Waals surface area contributed by atoms with Gasteiger partial charge in [0.25, 0.3) is 5.56 Å². The zero-order chi connectivity index (χ0) is 20.7. The van der Waals surface area contributed by atoms with Crippen molar-refractivity contribution in [1.29, 1.82) is 0 Å². The van der Waals surface area contributed by atoms with Gasteiger partial charge < -0.3 is 14.8 Å². The lowest BCUT2D eigenvalue weighted by molar-refractivity contribution is 0.127. The summed E-state index contributed by atoms with van der Waals surface area (Å²) < 4.78 is 16.4. The third-order valence-electron chi connectivity index (χ3n) is 6.97. The smallest absolute Gasteiger partial charge is 0.317 e. The highest BCUT2D eigenvalue weighted by Crippen LogP contribution is 2.40. The maximum atomic E-state index is 14.6. The Morgan fingerprint density at radius 3 is 2.57 bits per heavy atom. The Balaban J connectivity index is 1.45. The van der Waals surface area contributed by atoms with Crippen molar-refractivity contribution in [2.24, 2.45) is 5.92 Å². The third-order valence-corrected chi connectivity index (χ3v) is 6.97. The van der Waals surface area contributed by atoms with Gasteiger partial charge >= 0.3 is 6.03 Å². The maximum Gasteiger partial charge on any atom is 0.317 e. The highest BCUT2D eigenvalue weighted by molar-refractivity contribution is 5.75. The number of halogens is 1. The number of hydrogen-bond acceptors (Lipinski definition) is 2. The first kappa shape index (κ1) is 19.3. The van der Waals surface area contributed by atoms with Gasteiger partial charge in [-0.15, -0.1) is 0 Å². The van der Waals surface area contributed by atoms with Crippen LogP contribution in [0.4, 0.5) is 9.18 Å². The van der Waals surface area contributed by atoms with Crippen molar-refractivity contribution in [1.82, 2.24) is 14.8 Å². The summed E-state index contributed by atoms with van der Waals surface area (Å²) in [4.78, 5) is 27.5. The van der Waals surface area contributed by atoms with E-state index in [1.807, 2.05) is 15.5 Å². The van der Waals surface area contributed by atoms with Gasteiger partial charge in [0.15, 0.2) is 0 Å². The Morgan fingerprint density at radius 2 is 1.77 bits per heavy atom. The molecule has 5 nitrogen and oxygen atoms in total. The van der Waals surface area contributed by atoms with E-state index in [0.29, 0.717) is 25.2 Å². The fourth-order valence-corrected chi connectivity index (χ4v) is 5.60. The second-order valence-corrected chi connectivity index (χ2v) is 9.05. The average Bonchev–Trinajstić information content (AvgIpc) is 2.75. The van der Waals surface area contributed by atoms with Crippen molar-refractivity contribution in [3.63, 3.8) is 0 Å². The van der Waals surface area contributed by atoms with E-state index in [4.69, 9.17) is 0 Å². The van der Waals surface area contributed by atoms with Gasteiger partial charge in [-0.3, -0.25) is 4.79 Å². The molecule has 3 aliphatic rings. The van der Waals surface area contributed by atoms with Crippen molar-refractivity contribution in [2.45, 2.75) is 57.0 Å². The number of aromatic nitrogens is 1. The molecule has 5 rings (SSSR count). The number of urea groups is 1. The molecular formula is C24H28FN3O2. The quantitative estimate of drug-likeness (QED) is 0.811. The Bertz CT molecular complexity index is 1010. The minimum absolute atomic E-state index is 0.00997. The fourth-order valence-electron chi connectivity index (χ4n) is 5.60. The van der Waals surface area contributed by atoms with Crippen molar-refractivity contribution in [3.8, 4) is 11.1 Å². The number of hydrogen-bond donors (Lipinski definition) is 1. The molecule has 2 atom stereocenters. The molecule has 1 aliphatic carbocycles. The molecule has 0 radical (unpaired) electrons. The molecule has 1 aromatic heterocycles. The largest absolute Gasteiger partial charge is 0.335 e. The van der Waals surface area contributed by atoms with Crippen molar-refractivity contribution >= 4 is 6.03 Å². The predicted molar refractivity (Wildman–Crippen MR) is 114 cm³/mol. The van der Waals surface area contributed by atoms with Gasteiger partial charge in [0.1, 0.15) is 5.82 Å². The van der Waals surface area contributed by atoms with Gasteiger partial charge in [0.2, 0.25) is 0 Å². The molecule has 2 aliphatic heterocycles. The van der Waals surface area contributed by atoms with E-state index < -0.39 is 0 Å². The van der Waals surface area contributed by atoms with E-state index in [1.54, 1.807) is 24.3 Å². The molecule has 1 N–H and O–H groups in total.